The van der Waals surface area contributed by atoms with E-state index in [4.69, 9.17) is 14.6 Å². The number of ether oxygens (including phenoxy) is 2. The predicted octanol–water partition coefficient (Wildman–Crippen LogP) is 7.96. The topological polar surface area (TPSA) is 38.7 Å². The molecule has 0 heterocycles. The first-order chi connectivity index (χ1) is 14.3. The van der Waals surface area contributed by atoms with E-state index in [0.29, 0.717) is 0 Å². The summed E-state index contributed by atoms with van der Waals surface area (Å²) in [6.07, 6.45) is 26.4. The molecule has 29 heavy (non-hydrogen) atoms. The molecule has 0 saturated heterocycles. The number of allylic oxidation sites excluding steroid dienone is 1. The molecule has 174 valence electrons. The minimum Gasteiger partial charge on any atom is -0.396 e. The number of aliphatic hydroxyl groups is 1. The molecule has 1 N–H and O–H groups in total. The highest BCUT2D eigenvalue weighted by atomic mass is 16.7. The fourth-order valence-corrected chi connectivity index (χ4v) is 3.47. The first-order valence-corrected chi connectivity index (χ1v) is 12.8. The highest BCUT2D eigenvalue weighted by molar-refractivity contribution is 4.80. The lowest BCUT2D eigenvalue weighted by molar-refractivity contribution is -0.148. The molecule has 0 spiro atoms. The van der Waals surface area contributed by atoms with Gasteiger partial charge in [-0.1, -0.05) is 96.6 Å². The van der Waals surface area contributed by atoms with Crippen LogP contribution in [-0.4, -0.2) is 31.2 Å². The van der Waals surface area contributed by atoms with Gasteiger partial charge in [-0.25, -0.2) is 0 Å². The van der Waals surface area contributed by atoms with Crippen molar-refractivity contribution in [2.45, 2.75) is 136 Å². The number of aliphatic hydroxyl groups excluding tert-OH is 1. The van der Waals surface area contributed by atoms with Crippen molar-refractivity contribution in [1.29, 1.82) is 0 Å². The van der Waals surface area contributed by atoms with Gasteiger partial charge in [0.15, 0.2) is 6.29 Å². The zero-order chi connectivity index (χ0) is 21.3. The molecule has 0 aromatic heterocycles. The molecule has 0 atom stereocenters. The van der Waals surface area contributed by atoms with E-state index in [1.807, 2.05) is 0 Å². The molecule has 3 heteroatoms. The van der Waals surface area contributed by atoms with Crippen LogP contribution in [-0.2, 0) is 9.47 Å². The minimum absolute atomic E-state index is 0.00813. The number of rotatable bonds is 24. The molecule has 0 aliphatic carbocycles. The zero-order valence-corrected chi connectivity index (χ0v) is 19.8. The van der Waals surface area contributed by atoms with Crippen molar-refractivity contribution in [2.75, 3.05) is 19.8 Å². The monoisotopic (exact) mass is 412 g/mol. The Bertz CT molecular complexity index is 299. The Morgan fingerprint density at radius 1 is 0.586 bits per heavy atom. The molecule has 0 radical (unpaired) electrons. The summed E-state index contributed by atoms with van der Waals surface area (Å²) in [6.45, 7) is 6.47. The predicted molar refractivity (Wildman–Crippen MR) is 126 cm³/mol. The van der Waals surface area contributed by atoms with Crippen LogP contribution in [0.25, 0.3) is 0 Å². The van der Waals surface area contributed by atoms with Crippen LogP contribution in [0.5, 0.6) is 0 Å². The smallest absolute Gasteiger partial charge is 0.157 e. The Kier molecular flexibility index (Phi) is 25.3. The summed E-state index contributed by atoms with van der Waals surface area (Å²) in [4.78, 5) is 0. The van der Waals surface area contributed by atoms with Gasteiger partial charge >= 0.3 is 0 Å². The molecule has 0 bridgehead atoms. The van der Waals surface area contributed by atoms with Crippen LogP contribution in [0.1, 0.15) is 129 Å². The maximum absolute atomic E-state index is 8.77. The van der Waals surface area contributed by atoms with Crippen LogP contribution in [0, 0.1) is 0 Å². The lowest BCUT2D eigenvalue weighted by Gasteiger charge is -2.19. The third-order valence-corrected chi connectivity index (χ3v) is 5.38. The zero-order valence-electron chi connectivity index (χ0n) is 19.8. The van der Waals surface area contributed by atoms with Gasteiger partial charge in [-0.05, 0) is 44.9 Å². The van der Waals surface area contributed by atoms with Gasteiger partial charge in [-0.15, -0.1) is 0 Å². The van der Waals surface area contributed by atoms with E-state index in [1.54, 1.807) is 0 Å². The third kappa shape index (κ3) is 23.8. The largest absolute Gasteiger partial charge is 0.396 e. The Hall–Kier alpha value is -0.380. The van der Waals surface area contributed by atoms with E-state index < -0.39 is 0 Å². The number of hydrogen-bond donors (Lipinski definition) is 1. The molecule has 0 saturated carbocycles. The quantitative estimate of drug-likeness (QED) is 0.0992. The van der Waals surface area contributed by atoms with Crippen LogP contribution in [0.15, 0.2) is 12.2 Å². The summed E-state index contributed by atoms with van der Waals surface area (Å²) in [6, 6.07) is 0. The van der Waals surface area contributed by atoms with Crippen LogP contribution in [0.3, 0.4) is 0 Å². The molecule has 0 aliphatic heterocycles. The van der Waals surface area contributed by atoms with Crippen LogP contribution in [0.4, 0.5) is 0 Å². The fourth-order valence-electron chi connectivity index (χ4n) is 3.47. The van der Waals surface area contributed by atoms with Gasteiger partial charge in [0.25, 0.3) is 0 Å². The molecule has 0 fully saturated rings. The van der Waals surface area contributed by atoms with Crippen LogP contribution >= 0.6 is 0 Å². The van der Waals surface area contributed by atoms with E-state index in [2.05, 4.69) is 26.0 Å². The SMILES string of the molecule is CCCCCCCCOC(CCCCC/C=C\CCO)OCCCCCCCC. The van der Waals surface area contributed by atoms with Crippen molar-refractivity contribution >= 4 is 0 Å². The van der Waals surface area contributed by atoms with Crippen LogP contribution in [0.2, 0.25) is 0 Å². The Morgan fingerprint density at radius 2 is 1.07 bits per heavy atom. The second-order valence-corrected chi connectivity index (χ2v) is 8.33. The van der Waals surface area contributed by atoms with E-state index in [9.17, 15) is 0 Å². The van der Waals surface area contributed by atoms with Crippen molar-refractivity contribution in [3.8, 4) is 0 Å². The van der Waals surface area contributed by atoms with Gasteiger partial charge in [0.1, 0.15) is 0 Å². The molecule has 0 unspecified atom stereocenters. The summed E-state index contributed by atoms with van der Waals surface area (Å²) in [7, 11) is 0. The first-order valence-electron chi connectivity index (χ1n) is 12.8. The third-order valence-electron chi connectivity index (χ3n) is 5.38. The van der Waals surface area contributed by atoms with Gasteiger partial charge < -0.3 is 14.6 Å². The van der Waals surface area contributed by atoms with Crippen molar-refractivity contribution < 1.29 is 14.6 Å². The van der Waals surface area contributed by atoms with Crippen molar-refractivity contribution in [3.05, 3.63) is 12.2 Å². The van der Waals surface area contributed by atoms with Gasteiger partial charge in [0.05, 0.1) is 0 Å². The maximum atomic E-state index is 8.77. The molecule has 0 rings (SSSR count). The second kappa shape index (κ2) is 25.7. The average molecular weight is 413 g/mol. The Balaban J connectivity index is 3.86. The molecular weight excluding hydrogens is 360 g/mol. The van der Waals surface area contributed by atoms with Crippen LogP contribution < -0.4 is 0 Å². The van der Waals surface area contributed by atoms with Gasteiger partial charge in [0.2, 0.25) is 0 Å². The second-order valence-electron chi connectivity index (χ2n) is 8.33. The molecular formula is C26H52O3. The van der Waals surface area contributed by atoms with Crippen molar-refractivity contribution in [2.24, 2.45) is 0 Å². The standard InChI is InChI=1S/C26H52O3/c1-3-5-7-9-16-20-24-28-26(29-25-21-17-10-8-6-4-2)22-18-14-12-11-13-15-19-23-27/h13,15,26-27H,3-12,14,16-25H2,1-2H3/b15-13-. The lowest BCUT2D eigenvalue weighted by Crippen LogP contribution is -2.19. The lowest BCUT2D eigenvalue weighted by atomic mass is 10.1. The van der Waals surface area contributed by atoms with Gasteiger partial charge in [-0.2, -0.15) is 0 Å². The van der Waals surface area contributed by atoms with Gasteiger partial charge in [0, 0.05) is 19.8 Å². The highest BCUT2D eigenvalue weighted by Gasteiger charge is 2.09. The first kappa shape index (κ1) is 28.6. The van der Waals surface area contributed by atoms with E-state index in [1.165, 1.54) is 83.5 Å². The molecule has 0 aliphatic rings. The number of unbranched alkanes of at least 4 members (excludes halogenated alkanes) is 13. The van der Waals surface area contributed by atoms with Crippen molar-refractivity contribution in [1.82, 2.24) is 0 Å². The normalized spacial score (nSPS) is 11.9. The minimum atomic E-state index is -0.00813. The summed E-state index contributed by atoms with van der Waals surface area (Å²) in [5.74, 6) is 0. The maximum Gasteiger partial charge on any atom is 0.157 e. The van der Waals surface area contributed by atoms with E-state index in [0.717, 1.165) is 45.3 Å². The molecule has 3 nitrogen and oxygen atoms in total. The van der Waals surface area contributed by atoms with E-state index >= 15 is 0 Å². The molecule has 0 aromatic rings. The number of hydrogen-bond acceptors (Lipinski definition) is 3. The fraction of sp³-hybridized carbons (Fsp3) is 0.923. The summed E-state index contributed by atoms with van der Waals surface area (Å²) in [5, 5.41) is 8.77. The summed E-state index contributed by atoms with van der Waals surface area (Å²) < 4.78 is 12.2. The average Bonchev–Trinajstić information content (AvgIpc) is 2.73. The Labute approximate surface area is 182 Å². The van der Waals surface area contributed by atoms with E-state index in [-0.39, 0.29) is 12.9 Å². The summed E-state index contributed by atoms with van der Waals surface area (Å²) in [5.41, 5.74) is 0. The Morgan fingerprint density at radius 3 is 1.62 bits per heavy atom. The van der Waals surface area contributed by atoms with Gasteiger partial charge in [-0.3, -0.25) is 0 Å². The highest BCUT2D eigenvalue weighted by Crippen LogP contribution is 2.13. The molecule has 0 aromatic carbocycles. The van der Waals surface area contributed by atoms with Crippen molar-refractivity contribution in [3.63, 3.8) is 0 Å². The summed E-state index contributed by atoms with van der Waals surface area (Å²) >= 11 is 0. The molecule has 0 amide bonds.